The van der Waals surface area contributed by atoms with Crippen molar-refractivity contribution in [2.45, 2.75) is 20.0 Å². The lowest BCUT2D eigenvalue weighted by atomic mass is 10.1. The van der Waals surface area contributed by atoms with Gasteiger partial charge in [0.25, 0.3) is 11.8 Å². The number of benzene rings is 3. The Morgan fingerprint density at radius 2 is 1.79 bits per heavy atom. The van der Waals surface area contributed by atoms with E-state index >= 15 is 0 Å². The third-order valence-electron chi connectivity index (χ3n) is 5.31. The van der Waals surface area contributed by atoms with Crippen molar-refractivity contribution in [1.82, 2.24) is 10.7 Å². The summed E-state index contributed by atoms with van der Waals surface area (Å²) in [6.07, 6.45) is 3.79. The maximum absolute atomic E-state index is 12.4. The second kappa shape index (κ2) is 14.4. The number of hydrazone groups is 1. The van der Waals surface area contributed by atoms with E-state index in [0.717, 1.165) is 11.1 Å². The number of nitrogens with one attached hydrogen (secondary N) is 2. The summed E-state index contributed by atoms with van der Waals surface area (Å²) >= 11 is 6.28. The van der Waals surface area contributed by atoms with Crippen LogP contribution >= 0.6 is 11.6 Å². The summed E-state index contributed by atoms with van der Waals surface area (Å²) in [5, 5.41) is 7.19. The summed E-state index contributed by atoms with van der Waals surface area (Å²) in [6.45, 7) is 6.16. The molecule has 0 aliphatic carbocycles. The second-order valence-corrected chi connectivity index (χ2v) is 8.40. The van der Waals surface area contributed by atoms with E-state index in [0.29, 0.717) is 46.4 Å². The van der Waals surface area contributed by atoms with Crippen LogP contribution in [0, 0.1) is 0 Å². The highest BCUT2D eigenvalue weighted by Gasteiger charge is 2.15. The van der Waals surface area contributed by atoms with Gasteiger partial charge in [0.05, 0.1) is 32.0 Å². The summed E-state index contributed by atoms with van der Waals surface area (Å²) < 4.78 is 17.1. The smallest absolute Gasteiger partial charge is 0.259 e. The van der Waals surface area contributed by atoms with Crippen LogP contribution in [0.3, 0.4) is 0 Å². The Morgan fingerprint density at radius 1 is 1.03 bits per heavy atom. The number of carbonyl (C=O) groups excluding carboxylic acids is 2. The van der Waals surface area contributed by atoms with Crippen LogP contribution in [0.2, 0.25) is 5.02 Å². The van der Waals surface area contributed by atoms with Crippen molar-refractivity contribution in [2.75, 3.05) is 20.3 Å². The Bertz CT molecular complexity index is 1310. The molecule has 3 aromatic rings. The zero-order chi connectivity index (χ0) is 27.3. The lowest BCUT2D eigenvalue weighted by Crippen LogP contribution is -2.35. The topological polar surface area (TPSA) is 98.3 Å². The maximum atomic E-state index is 12.4. The monoisotopic (exact) mass is 535 g/mol. The highest BCUT2D eigenvalue weighted by molar-refractivity contribution is 6.31. The molecule has 0 radical (unpaired) electrons. The largest absolute Gasteiger partial charge is 0.496 e. The first kappa shape index (κ1) is 28.3. The van der Waals surface area contributed by atoms with Crippen LogP contribution in [0.5, 0.6) is 17.2 Å². The number of hydrogen-bond acceptors (Lipinski definition) is 6. The minimum absolute atomic E-state index is 0.255. The predicted molar refractivity (Wildman–Crippen MR) is 148 cm³/mol. The highest BCUT2D eigenvalue weighted by Crippen LogP contribution is 2.34. The number of hydrogen-bond donors (Lipinski definition) is 2. The Labute approximate surface area is 227 Å². The van der Waals surface area contributed by atoms with Crippen LogP contribution in [-0.2, 0) is 17.8 Å². The molecular weight excluding hydrogens is 506 g/mol. The molecule has 2 N–H and O–H groups in total. The number of methoxy groups -OCH3 is 1. The molecule has 0 heterocycles. The number of rotatable bonds is 13. The number of nitrogens with zero attached hydrogens (tertiary/aromatic N) is 1. The highest BCUT2D eigenvalue weighted by atomic mass is 35.5. The molecule has 3 rings (SSSR count). The molecule has 0 spiro atoms. The van der Waals surface area contributed by atoms with Gasteiger partial charge in [-0.1, -0.05) is 48.0 Å². The van der Waals surface area contributed by atoms with Crippen molar-refractivity contribution in [3.63, 3.8) is 0 Å². The van der Waals surface area contributed by atoms with Crippen molar-refractivity contribution < 1.29 is 23.8 Å². The van der Waals surface area contributed by atoms with Crippen molar-refractivity contribution in [3.8, 4) is 17.2 Å². The fourth-order valence-electron chi connectivity index (χ4n) is 3.56. The van der Waals surface area contributed by atoms with Gasteiger partial charge in [0.2, 0.25) is 0 Å². The fraction of sp³-hybridized carbons (Fsp3) is 0.207. The average molecular weight is 536 g/mol. The molecular formula is C29H30ClN3O5. The van der Waals surface area contributed by atoms with E-state index in [1.54, 1.807) is 36.4 Å². The fourth-order valence-corrected chi connectivity index (χ4v) is 3.75. The standard InChI is InChI=1S/C29H30ClN3O5/c1-4-10-21-15-20(16-26(37-5-2)28(21)38-19-22-11-6-8-13-24(22)30)17-32-33-27(34)18-31-29(35)23-12-7-9-14-25(23)36-3/h4,6-9,11-17H,1,5,10,18-19H2,2-3H3,(H,31,35)(H,33,34). The minimum atomic E-state index is -0.486. The molecule has 0 aliphatic rings. The van der Waals surface area contributed by atoms with E-state index in [1.165, 1.54) is 13.3 Å². The Morgan fingerprint density at radius 3 is 2.53 bits per heavy atom. The summed E-state index contributed by atoms with van der Waals surface area (Å²) in [4.78, 5) is 24.6. The van der Waals surface area contributed by atoms with Crippen molar-refractivity contribution in [3.05, 3.63) is 101 Å². The third kappa shape index (κ3) is 7.85. The third-order valence-corrected chi connectivity index (χ3v) is 5.68. The van der Waals surface area contributed by atoms with Gasteiger partial charge in [0.1, 0.15) is 12.4 Å². The average Bonchev–Trinajstić information content (AvgIpc) is 2.92. The van der Waals surface area contributed by atoms with Gasteiger partial charge in [-0.15, -0.1) is 6.58 Å². The second-order valence-electron chi connectivity index (χ2n) is 7.99. The lowest BCUT2D eigenvalue weighted by Gasteiger charge is -2.17. The molecule has 9 heteroatoms. The molecule has 0 aromatic heterocycles. The van der Waals surface area contributed by atoms with Crippen LogP contribution in [0.4, 0.5) is 0 Å². The van der Waals surface area contributed by atoms with Crippen molar-refractivity contribution in [2.24, 2.45) is 5.10 Å². The maximum Gasteiger partial charge on any atom is 0.259 e. The molecule has 0 bridgehead atoms. The molecule has 0 atom stereocenters. The van der Waals surface area contributed by atoms with Gasteiger partial charge in [-0.05, 0) is 49.2 Å². The van der Waals surface area contributed by atoms with Gasteiger partial charge in [-0.2, -0.15) is 5.10 Å². The Balaban J connectivity index is 1.67. The molecule has 2 amide bonds. The van der Waals surface area contributed by atoms with Crippen LogP contribution in [-0.4, -0.2) is 38.3 Å². The minimum Gasteiger partial charge on any atom is -0.496 e. The van der Waals surface area contributed by atoms with Gasteiger partial charge in [0.15, 0.2) is 11.5 Å². The van der Waals surface area contributed by atoms with Gasteiger partial charge < -0.3 is 19.5 Å². The molecule has 0 saturated carbocycles. The van der Waals surface area contributed by atoms with Crippen LogP contribution < -0.4 is 25.0 Å². The zero-order valence-electron chi connectivity index (χ0n) is 21.3. The molecule has 0 unspecified atom stereocenters. The Hall–Kier alpha value is -4.30. The molecule has 3 aromatic carbocycles. The summed E-state index contributed by atoms with van der Waals surface area (Å²) in [5.74, 6) is 0.635. The first-order valence-electron chi connectivity index (χ1n) is 12.0. The van der Waals surface area contributed by atoms with E-state index in [1.807, 2.05) is 37.3 Å². The SMILES string of the molecule is C=CCc1cc(C=NNC(=O)CNC(=O)c2ccccc2OC)cc(OCC)c1OCc1ccccc1Cl. The van der Waals surface area contributed by atoms with Gasteiger partial charge in [-0.3, -0.25) is 9.59 Å². The number of halogens is 1. The van der Waals surface area contributed by atoms with Crippen LogP contribution in [0.25, 0.3) is 0 Å². The van der Waals surface area contributed by atoms with E-state index in [2.05, 4.69) is 22.4 Å². The number of ether oxygens (including phenoxy) is 3. The lowest BCUT2D eigenvalue weighted by molar-refractivity contribution is -0.120. The molecule has 8 nitrogen and oxygen atoms in total. The number of allylic oxidation sites excluding steroid dienone is 1. The molecule has 38 heavy (non-hydrogen) atoms. The van der Waals surface area contributed by atoms with Gasteiger partial charge in [0, 0.05) is 16.1 Å². The van der Waals surface area contributed by atoms with Gasteiger partial charge in [-0.25, -0.2) is 5.43 Å². The summed E-state index contributed by atoms with van der Waals surface area (Å²) in [6, 6.07) is 17.9. The predicted octanol–water partition coefficient (Wildman–Crippen LogP) is 4.93. The molecule has 0 aliphatic heterocycles. The zero-order valence-corrected chi connectivity index (χ0v) is 22.1. The number of carbonyl (C=O) groups is 2. The number of para-hydroxylation sites is 1. The molecule has 0 saturated heterocycles. The quantitative estimate of drug-likeness (QED) is 0.184. The first-order chi connectivity index (χ1) is 18.5. The molecule has 0 fully saturated rings. The van der Waals surface area contributed by atoms with Crippen molar-refractivity contribution in [1.29, 1.82) is 0 Å². The molecule has 198 valence electrons. The van der Waals surface area contributed by atoms with Gasteiger partial charge >= 0.3 is 0 Å². The first-order valence-corrected chi connectivity index (χ1v) is 12.3. The normalized spacial score (nSPS) is 10.6. The Kier molecular flexibility index (Phi) is 10.7. The number of amides is 2. The van der Waals surface area contributed by atoms with E-state index in [9.17, 15) is 9.59 Å². The van der Waals surface area contributed by atoms with Crippen LogP contribution in [0.1, 0.15) is 34.0 Å². The van der Waals surface area contributed by atoms with E-state index in [-0.39, 0.29) is 13.2 Å². The van der Waals surface area contributed by atoms with E-state index in [4.69, 9.17) is 25.8 Å². The van der Waals surface area contributed by atoms with Crippen LogP contribution in [0.15, 0.2) is 78.4 Å². The van der Waals surface area contributed by atoms with E-state index < -0.39 is 11.8 Å². The summed E-state index contributed by atoms with van der Waals surface area (Å²) in [5.41, 5.74) is 5.13. The summed E-state index contributed by atoms with van der Waals surface area (Å²) in [7, 11) is 1.47. The van der Waals surface area contributed by atoms with Crippen molar-refractivity contribution >= 4 is 29.6 Å².